The summed E-state index contributed by atoms with van der Waals surface area (Å²) in [5, 5.41) is 10.7. The highest BCUT2D eigenvalue weighted by Gasteiger charge is 2.27. The quantitative estimate of drug-likeness (QED) is 0.369. The number of halogens is 1. The molecule has 4 aromatic rings. The minimum atomic E-state index is -0.286. The number of nitrogens with zero attached hydrogens (tertiary/aromatic N) is 5. The number of aliphatic hydroxyl groups is 1. The lowest BCUT2D eigenvalue weighted by atomic mass is 9.94. The van der Waals surface area contributed by atoms with E-state index in [-0.39, 0.29) is 11.9 Å². The Hall–Kier alpha value is -3.52. The van der Waals surface area contributed by atoms with Crippen LogP contribution in [0.3, 0.4) is 0 Å². The number of piperidine rings is 1. The molecule has 0 unspecified atom stereocenters. The fourth-order valence-corrected chi connectivity index (χ4v) is 5.72. The Kier molecular flexibility index (Phi) is 6.50. The highest BCUT2D eigenvalue weighted by Crippen LogP contribution is 2.44. The highest BCUT2D eigenvalue weighted by molar-refractivity contribution is 6.06. The van der Waals surface area contributed by atoms with Gasteiger partial charge >= 0.3 is 0 Å². The molecule has 0 bridgehead atoms. The molecule has 0 radical (unpaired) electrons. The van der Waals surface area contributed by atoms with Gasteiger partial charge in [0, 0.05) is 43.5 Å². The number of benzene rings is 1. The van der Waals surface area contributed by atoms with E-state index in [1.807, 2.05) is 18.3 Å². The fourth-order valence-electron chi connectivity index (χ4n) is 5.72. The lowest BCUT2D eigenvalue weighted by Crippen LogP contribution is -2.36. The minimum Gasteiger partial charge on any atom is -0.437 e. The summed E-state index contributed by atoms with van der Waals surface area (Å²) in [7, 11) is 2.10. The van der Waals surface area contributed by atoms with E-state index in [1.165, 1.54) is 31.4 Å². The van der Waals surface area contributed by atoms with Crippen LogP contribution in [0.2, 0.25) is 0 Å². The monoisotopic (exact) mass is 501 g/mol. The first kappa shape index (κ1) is 23.9. The predicted octanol–water partition coefficient (Wildman–Crippen LogP) is 5.82. The Balaban J connectivity index is 1.45. The van der Waals surface area contributed by atoms with Crippen molar-refractivity contribution < 1.29 is 13.9 Å². The van der Waals surface area contributed by atoms with Crippen molar-refractivity contribution in [2.24, 2.45) is 0 Å². The zero-order chi connectivity index (χ0) is 25.4. The van der Waals surface area contributed by atoms with Crippen molar-refractivity contribution in [3.8, 4) is 22.5 Å². The summed E-state index contributed by atoms with van der Waals surface area (Å²) in [5.41, 5.74) is 3.03. The molecule has 192 valence electrons. The molecular formula is C29H32FN5O2. The summed E-state index contributed by atoms with van der Waals surface area (Å²) in [6.07, 6.45) is 10.6. The zero-order valence-electron chi connectivity index (χ0n) is 21.1. The number of aliphatic hydroxyl groups excluding tert-OH is 1. The first-order valence-electron chi connectivity index (χ1n) is 13.2. The number of rotatable bonds is 5. The van der Waals surface area contributed by atoms with E-state index in [9.17, 15) is 9.50 Å². The lowest BCUT2D eigenvalue weighted by Gasteiger charge is -2.32. The van der Waals surface area contributed by atoms with Crippen molar-refractivity contribution in [3.05, 3.63) is 54.7 Å². The number of fused-ring (bicyclic) bond motifs is 1. The van der Waals surface area contributed by atoms with E-state index < -0.39 is 0 Å². The Morgan fingerprint density at radius 3 is 2.35 bits per heavy atom. The number of aromatic nitrogens is 3. The Morgan fingerprint density at radius 2 is 1.65 bits per heavy atom. The van der Waals surface area contributed by atoms with Gasteiger partial charge in [0.2, 0.25) is 5.71 Å². The van der Waals surface area contributed by atoms with Crippen LogP contribution in [0.15, 0.2) is 53.3 Å². The van der Waals surface area contributed by atoms with Gasteiger partial charge in [-0.15, -0.1) is 0 Å². The lowest BCUT2D eigenvalue weighted by molar-refractivity contribution is 0.145. The van der Waals surface area contributed by atoms with Crippen LogP contribution in [0, 0.1) is 5.82 Å². The number of pyridine rings is 1. The molecule has 1 aliphatic carbocycles. The third-order valence-electron chi connectivity index (χ3n) is 7.86. The van der Waals surface area contributed by atoms with Crippen LogP contribution < -0.4 is 9.80 Å². The molecule has 1 aliphatic heterocycles. The summed E-state index contributed by atoms with van der Waals surface area (Å²) in [4.78, 5) is 18.4. The molecule has 4 heterocycles. The Morgan fingerprint density at radius 1 is 0.919 bits per heavy atom. The second-order valence-corrected chi connectivity index (χ2v) is 10.2. The third-order valence-corrected chi connectivity index (χ3v) is 7.86. The highest BCUT2D eigenvalue weighted by atomic mass is 19.1. The van der Waals surface area contributed by atoms with Gasteiger partial charge in [-0.25, -0.2) is 19.3 Å². The Labute approximate surface area is 216 Å². The van der Waals surface area contributed by atoms with Crippen molar-refractivity contribution in [2.75, 3.05) is 29.9 Å². The van der Waals surface area contributed by atoms with Crippen LogP contribution in [-0.2, 0) is 0 Å². The van der Waals surface area contributed by atoms with Crippen molar-refractivity contribution in [2.45, 2.75) is 57.1 Å². The molecule has 0 spiro atoms. The number of hydrogen-bond acceptors (Lipinski definition) is 7. The van der Waals surface area contributed by atoms with Gasteiger partial charge in [0.05, 0.1) is 11.5 Å². The first-order chi connectivity index (χ1) is 18.1. The van der Waals surface area contributed by atoms with Gasteiger partial charge in [-0.1, -0.05) is 31.4 Å². The van der Waals surface area contributed by atoms with E-state index in [4.69, 9.17) is 14.4 Å². The summed E-state index contributed by atoms with van der Waals surface area (Å²) in [6, 6.07) is 10.9. The molecule has 6 rings (SSSR count). The van der Waals surface area contributed by atoms with Crippen LogP contribution in [0.5, 0.6) is 0 Å². The van der Waals surface area contributed by atoms with Gasteiger partial charge in [0.25, 0.3) is 0 Å². The average Bonchev–Trinajstić information content (AvgIpc) is 3.34. The average molecular weight is 502 g/mol. The van der Waals surface area contributed by atoms with E-state index in [1.54, 1.807) is 18.5 Å². The maximum Gasteiger partial charge on any atom is 0.232 e. The molecule has 1 N–H and O–H groups in total. The number of furan rings is 1. The number of anilines is 2. The fraction of sp³-hybridized carbons (Fsp3) is 0.414. The largest absolute Gasteiger partial charge is 0.437 e. The minimum absolute atomic E-state index is 0.230. The molecule has 1 saturated heterocycles. The van der Waals surface area contributed by atoms with E-state index >= 15 is 0 Å². The summed E-state index contributed by atoms with van der Waals surface area (Å²) < 4.78 is 20.3. The normalized spacial score (nSPS) is 17.4. The second-order valence-electron chi connectivity index (χ2n) is 10.2. The maximum absolute atomic E-state index is 13.9. The molecule has 7 nitrogen and oxygen atoms in total. The molecule has 1 aromatic carbocycles. The van der Waals surface area contributed by atoms with Crippen molar-refractivity contribution in [3.63, 3.8) is 0 Å². The SMILES string of the molecule is CN(c1ncnc2oc(-c3ccc(N4CCC(O)CC4)nc3)c(-c3ccc(F)cc3)c12)C1CCCCC1. The molecular weight excluding hydrogens is 469 g/mol. The molecule has 2 aliphatic rings. The van der Waals surface area contributed by atoms with Crippen molar-refractivity contribution in [1.29, 1.82) is 0 Å². The molecule has 0 atom stereocenters. The van der Waals surface area contributed by atoms with Gasteiger partial charge in [-0.2, -0.15) is 0 Å². The summed E-state index contributed by atoms with van der Waals surface area (Å²) in [5.74, 6) is 2.08. The van der Waals surface area contributed by atoms with Crippen molar-refractivity contribution in [1.82, 2.24) is 15.0 Å². The van der Waals surface area contributed by atoms with E-state index in [0.29, 0.717) is 17.5 Å². The predicted molar refractivity (Wildman–Crippen MR) is 143 cm³/mol. The molecule has 2 fully saturated rings. The third kappa shape index (κ3) is 4.66. The molecule has 8 heteroatoms. The van der Waals surface area contributed by atoms with Crippen molar-refractivity contribution >= 4 is 22.7 Å². The first-order valence-corrected chi connectivity index (χ1v) is 13.2. The van der Waals surface area contributed by atoms with E-state index in [0.717, 1.165) is 72.5 Å². The van der Waals surface area contributed by atoms with Gasteiger partial charge in [-0.3, -0.25) is 0 Å². The van der Waals surface area contributed by atoms with Crippen LogP contribution in [0.1, 0.15) is 44.9 Å². The molecule has 37 heavy (non-hydrogen) atoms. The maximum atomic E-state index is 13.9. The standard InChI is InChI=1S/C29H32FN5O2/c1-34(22-5-3-2-4-6-22)28-26-25(19-7-10-21(30)11-8-19)27(37-29(26)33-18-32-28)20-9-12-24(31-17-20)35-15-13-23(36)14-16-35/h7-12,17-18,22-23,36H,2-6,13-16H2,1H3. The van der Waals surface area contributed by atoms with Gasteiger partial charge in [0.15, 0.2) is 0 Å². The van der Waals surface area contributed by atoms with E-state index in [2.05, 4.69) is 21.8 Å². The summed E-state index contributed by atoms with van der Waals surface area (Å²) in [6.45, 7) is 1.57. The van der Waals surface area contributed by atoms with Crippen LogP contribution >= 0.6 is 0 Å². The summed E-state index contributed by atoms with van der Waals surface area (Å²) >= 11 is 0. The molecule has 1 saturated carbocycles. The van der Waals surface area contributed by atoms with Crippen LogP contribution in [0.4, 0.5) is 16.0 Å². The zero-order valence-corrected chi connectivity index (χ0v) is 21.1. The molecule has 0 amide bonds. The number of hydrogen-bond donors (Lipinski definition) is 1. The van der Waals surface area contributed by atoms with Gasteiger partial charge in [-0.05, 0) is 55.5 Å². The van der Waals surface area contributed by atoms with Crippen LogP contribution in [-0.4, -0.2) is 52.3 Å². The Bertz CT molecular complexity index is 1360. The van der Waals surface area contributed by atoms with Gasteiger partial charge in [0.1, 0.15) is 29.5 Å². The smallest absolute Gasteiger partial charge is 0.232 e. The van der Waals surface area contributed by atoms with Gasteiger partial charge < -0.3 is 19.3 Å². The second kappa shape index (κ2) is 10.1. The topological polar surface area (TPSA) is 78.5 Å². The molecule has 3 aromatic heterocycles. The van der Waals surface area contributed by atoms with Crippen LogP contribution in [0.25, 0.3) is 33.6 Å².